The van der Waals surface area contributed by atoms with Crippen LogP contribution in [-0.2, 0) is 7.05 Å². The maximum absolute atomic E-state index is 12.7. The predicted molar refractivity (Wildman–Crippen MR) is 82.4 cm³/mol. The van der Waals surface area contributed by atoms with Crippen molar-refractivity contribution < 1.29 is 9.53 Å². The average molecular weight is 317 g/mol. The molecule has 0 bridgehead atoms. The van der Waals surface area contributed by atoms with E-state index in [1.165, 1.54) is 23.9 Å². The van der Waals surface area contributed by atoms with Gasteiger partial charge in [-0.15, -0.1) is 0 Å². The SMILES string of the molecule is COc1cc(=O)n(C)cc1C(=O)N1CCC(n2nccn2)CC1. The second kappa shape index (κ2) is 6.23. The molecule has 122 valence electrons. The smallest absolute Gasteiger partial charge is 0.259 e. The van der Waals surface area contributed by atoms with Crippen LogP contribution in [0.1, 0.15) is 29.2 Å². The Morgan fingerprint density at radius 3 is 2.52 bits per heavy atom. The molecule has 1 aliphatic heterocycles. The van der Waals surface area contributed by atoms with E-state index in [0.717, 1.165) is 12.8 Å². The Hall–Kier alpha value is -2.64. The van der Waals surface area contributed by atoms with E-state index in [9.17, 15) is 9.59 Å². The van der Waals surface area contributed by atoms with Gasteiger partial charge >= 0.3 is 0 Å². The number of pyridine rings is 1. The number of aryl methyl sites for hydroxylation is 1. The van der Waals surface area contributed by atoms with E-state index in [-0.39, 0.29) is 17.5 Å². The van der Waals surface area contributed by atoms with E-state index in [1.807, 2.05) is 0 Å². The Morgan fingerprint density at radius 1 is 1.26 bits per heavy atom. The van der Waals surface area contributed by atoms with Crippen molar-refractivity contribution in [3.63, 3.8) is 0 Å². The summed E-state index contributed by atoms with van der Waals surface area (Å²) in [4.78, 5) is 27.9. The van der Waals surface area contributed by atoms with Gasteiger partial charge in [-0.2, -0.15) is 15.0 Å². The summed E-state index contributed by atoms with van der Waals surface area (Å²) in [6.07, 6.45) is 6.45. The molecule has 1 fully saturated rings. The van der Waals surface area contributed by atoms with Gasteiger partial charge in [0.1, 0.15) is 5.75 Å². The van der Waals surface area contributed by atoms with Gasteiger partial charge in [-0.3, -0.25) is 9.59 Å². The Bertz CT molecular complexity index is 745. The van der Waals surface area contributed by atoms with Crippen LogP contribution in [0.2, 0.25) is 0 Å². The quantitative estimate of drug-likeness (QED) is 0.821. The third-order valence-corrected chi connectivity index (χ3v) is 4.16. The summed E-state index contributed by atoms with van der Waals surface area (Å²) < 4.78 is 6.57. The molecule has 2 aromatic rings. The molecule has 8 heteroatoms. The van der Waals surface area contributed by atoms with Gasteiger partial charge in [-0.1, -0.05) is 0 Å². The summed E-state index contributed by atoms with van der Waals surface area (Å²) in [5.74, 6) is 0.193. The topological polar surface area (TPSA) is 82.2 Å². The molecule has 1 saturated heterocycles. The lowest BCUT2D eigenvalue weighted by atomic mass is 10.0. The number of likely N-dealkylation sites (tertiary alicyclic amines) is 1. The van der Waals surface area contributed by atoms with E-state index in [4.69, 9.17) is 4.74 Å². The van der Waals surface area contributed by atoms with Crippen LogP contribution in [0.5, 0.6) is 5.75 Å². The molecule has 0 unspecified atom stereocenters. The molecule has 0 aromatic carbocycles. The molecule has 0 aliphatic carbocycles. The first-order valence-electron chi connectivity index (χ1n) is 7.50. The highest BCUT2D eigenvalue weighted by atomic mass is 16.5. The first-order chi connectivity index (χ1) is 11.1. The number of carbonyl (C=O) groups excluding carboxylic acids is 1. The number of carbonyl (C=O) groups is 1. The molecule has 0 radical (unpaired) electrons. The maximum atomic E-state index is 12.7. The Balaban J connectivity index is 1.75. The lowest BCUT2D eigenvalue weighted by Crippen LogP contribution is -2.40. The van der Waals surface area contributed by atoms with Crippen molar-refractivity contribution in [2.75, 3.05) is 20.2 Å². The molecule has 0 spiro atoms. The normalized spacial score (nSPS) is 15.7. The minimum absolute atomic E-state index is 0.121. The third kappa shape index (κ3) is 2.96. The van der Waals surface area contributed by atoms with Crippen LogP contribution < -0.4 is 10.3 Å². The van der Waals surface area contributed by atoms with Crippen molar-refractivity contribution in [1.29, 1.82) is 0 Å². The molecule has 3 rings (SSSR count). The zero-order chi connectivity index (χ0) is 16.4. The summed E-state index contributed by atoms with van der Waals surface area (Å²) in [6.45, 7) is 1.24. The first kappa shape index (κ1) is 15.3. The van der Waals surface area contributed by atoms with E-state index in [1.54, 1.807) is 29.1 Å². The molecule has 0 atom stereocenters. The summed E-state index contributed by atoms with van der Waals surface area (Å²) in [7, 11) is 3.08. The van der Waals surface area contributed by atoms with Crippen LogP contribution in [-0.4, -0.2) is 50.6 Å². The number of amides is 1. The summed E-state index contributed by atoms with van der Waals surface area (Å²) in [5.41, 5.74) is 0.201. The Labute approximate surface area is 133 Å². The number of hydrogen-bond donors (Lipinski definition) is 0. The number of methoxy groups -OCH3 is 1. The second-order valence-electron chi connectivity index (χ2n) is 5.58. The first-order valence-corrected chi connectivity index (χ1v) is 7.50. The molecule has 3 heterocycles. The van der Waals surface area contributed by atoms with Crippen molar-refractivity contribution in [3.05, 3.63) is 40.6 Å². The largest absolute Gasteiger partial charge is 0.496 e. The summed E-state index contributed by atoms with van der Waals surface area (Å²) >= 11 is 0. The van der Waals surface area contributed by atoms with Crippen molar-refractivity contribution in [2.24, 2.45) is 7.05 Å². The van der Waals surface area contributed by atoms with Crippen LogP contribution >= 0.6 is 0 Å². The van der Waals surface area contributed by atoms with Crippen LogP contribution in [0.4, 0.5) is 0 Å². The summed E-state index contributed by atoms with van der Waals surface area (Å²) in [6, 6.07) is 1.56. The number of rotatable bonds is 3. The third-order valence-electron chi connectivity index (χ3n) is 4.16. The predicted octanol–water partition coefficient (Wildman–Crippen LogP) is 0.463. The fourth-order valence-corrected chi connectivity index (χ4v) is 2.83. The zero-order valence-electron chi connectivity index (χ0n) is 13.2. The molecular formula is C15H19N5O3. The number of ether oxygens (including phenoxy) is 1. The number of aromatic nitrogens is 4. The number of piperidine rings is 1. The lowest BCUT2D eigenvalue weighted by Gasteiger charge is -2.31. The standard InChI is InChI=1S/C15H19N5O3/c1-18-10-12(13(23-2)9-14(18)21)15(22)19-7-3-11(4-8-19)20-16-5-6-17-20/h5-6,9-11H,3-4,7-8H2,1-2H3. The minimum Gasteiger partial charge on any atom is -0.496 e. The minimum atomic E-state index is -0.207. The highest BCUT2D eigenvalue weighted by Gasteiger charge is 2.27. The van der Waals surface area contributed by atoms with Gasteiger partial charge in [0.05, 0.1) is 31.1 Å². The van der Waals surface area contributed by atoms with Gasteiger partial charge in [-0.05, 0) is 12.8 Å². The van der Waals surface area contributed by atoms with Crippen LogP contribution in [0.15, 0.2) is 29.5 Å². The molecule has 23 heavy (non-hydrogen) atoms. The van der Waals surface area contributed by atoms with E-state index < -0.39 is 0 Å². The van der Waals surface area contributed by atoms with Gasteiger partial charge in [-0.25, -0.2) is 0 Å². The van der Waals surface area contributed by atoms with Gasteiger partial charge in [0, 0.05) is 32.4 Å². The van der Waals surface area contributed by atoms with E-state index in [2.05, 4.69) is 10.2 Å². The van der Waals surface area contributed by atoms with Gasteiger partial charge in [0.15, 0.2) is 0 Å². The van der Waals surface area contributed by atoms with Crippen molar-refractivity contribution >= 4 is 5.91 Å². The molecule has 1 aliphatic rings. The van der Waals surface area contributed by atoms with Gasteiger partial charge in [0.25, 0.3) is 11.5 Å². The molecule has 1 amide bonds. The highest BCUT2D eigenvalue weighted by molar-refractivity contribution is 5.96. The van der Waals surface area contributed by atoms with Crippen molar-refractivity contribution in [1.82, 2.24) is 24.5 Å². The fourth-order valence-electron chi connectivity index (χ4n) is 2.83. The van der Waals surface area contributed by atoms with Crippen LogP contribution in [0.25, 0.3) is 0 Å². The monoisotopic (exact) mass is 317 g/mol. The number of nitrogens with zero attached hydrogens (tertiary/aromatic N) is 5. The van der Waals surface area contributed by atoms with Gasteiger partial charge < -0.3 is 14.2 Å². The van der Waals surface area contributed by atoms with Crippen molar-refractivity contribution in [2.45, 2.75) is 18.9 Å². The maximum Gasteiger partial charge on any atom is 0.259 e. The molecule has 0 N–H and O–H groups in total. The van der Waals surface area contributed by atoms with Crippen LogP contribution in [0, 0.1) is 0 Å². The van der Waals surface area contributed by atoms with E-state index >= 15 is 0 Å². The van der Waals surface area contributed by atoms with E-state index in [0.29, 0.717) is 24.4 Å². The summed E-state index contributed by atoms with van der Waals surface area (Å²) in [5, 5.41) is 8.32. The highest BCUT2D eigenvalue weighted by Crippen LogP contribution is 2.24. The molecule has 8 nitrogen and oxygen atoms in total. The average Bonchev–Trinajstić information content (AvgIpc) is 3.11. The molecule has 2 aromatic heterocycles. The Kier molecular flexibility index (Phi) is 4.14. The van der Waals surface area contributed by atoms with Crippen molar-refractivity contribution in [3.8, 4) is 5.75 Å². The zero-order valence-corrected chi connectivity index (χ0v) is 13.2. The Morgan fingerprint density at radius 2 is 1.91 bits per heavy atom. The lowest BCUT2D eigenvalue weighted by molar-refractivity contribution is 0.0679. The second-order valence-corrected chi connectivity index (χ2v) is 5.58. The molecular weight excluding hydrogens is 298 g/mol. The number of hydrogen-bond acceptors (Lipinski definition) is 5. The fraction of sp³-hybridized carbons (Fsp3) is 0.467. The molecule has 0 saturated carbocycles. The van der Waals surface area contributed by atoms with Crippen LogP contribution in [0.3, 0.4) is 0 Å². The van der Waals surface area contributed by atoms with Gasteiger partial charge in [0.2, 0.25) is 0 Å².